The van der Waals surface area contributed by atoms with Gasteiger partial charge >= 0.3 is 0 Å². The van der Waals surface area contributed by atoms with Crippen molar-refractivity contribution < 1.29 is 4.39 Å². The molecule has 0 aromatic heterocycles. The van der Waals surface area contributed by atoms with Crippen LogP contribution in [0.15, 0.2) is 24.3 Å². The quantitative estimate of drug-likeness (QED) is 0.537. The molecule has 0 amide bonds. The maximum atomic E-state index is 12.6. The highest BCUT2D eigenvalue weighted by Crippen LogP contribution is 2.13. The molecule has 1 rings (SSSR count). The highest BCUT2D eigenvalue weighted by molar-refractivity contribution is 5.92. The molecule has 0 atom stereocenters. The monoisotopic (exact) mass is 181 g/mol. The minimum atomic E-state index is -0.289. The van der Waals surface area contributed by atoms with Crippen LogP contribution in [0.2, 0.25) is 0 Å². The first-order valence-electron chi connectivity index (χ1n) is 4.02. The Labute approximate surface area is 76.5 Å². The maximum absolute atomic E-state index is 12.6. The molecule has 0 bridgehead atoms. The summed E-state index contributed by atoms with van der Waals surface area (Å²) in [6.07, 6.45) is 0. The molecule has 0 fully saturated rings. The van der Waals surface area contributed by atoms with Crippen molar-refractivity contribution in [1.82, 2.24) is 0 Å². The fourth-order valence-electron chi connectivity index (χ4n) is 1.11. The van der Waals surface area contributed by atoms with Gasteiger partial charge in [-0.15, -0.1) is 0 Å². The van der Waals surface area contributed by atoms with Gasteiger partial charge in [0, 0.05) is 12.2 Å². The second-order valence-electron chi connectivity index (χ2n) is 2.61. The lowest BCUT2D eigenvalue weighted by atomic mass is 10.3. The average molecular weight is 181 g/mol. The lowest BCUT2D eigenvalue weighted by Crippen LogP contribution is -2.36. The van der Waals surface area contributed by atoms with Crippen LogP contribution in [0.3, 0.4) is 0 Å². The summed E-state index contributed by atoms with van der Waals surface area (Å²) in [5.74, 6) is -0.322. The molecule has 0 unspecified atom stereocenters. The van der Waals surface area contributed by atoms with E-state index in [1.165, 1.54) is 12.1 Å². The van der Waals surface area contributed by atoms with Gasteiger partial charge in [0.05, 0.1) is 0 Å². The molecule has 0 radical (unpaired) electrons. The number of guanidine groups is 1. The van der Waals surface area contributed by atoms with Crippen LogP contribution in [-0.2, 0) is 0 Å². The van der Waals surface area contributed by atoms with Gasteiger partial charge in [-0.25, -0.2) is 4.39 Å². The molecule has 0 aliphatic rings. The first kappa shape index (κ1) is 9.51. The largest absolute Gasteiger partial charge is 0.370 e. The van der Waals surface area contributed by atoms with Crippen molar-refractivity contribution >= 4 is 11.6 Å². The number of benzene rings is 1. The minimum absolute atomic E-state index is 0.0332. The Bertz CT molecular complexity index is 294. The van der Waals surface area contributed by atoms with Crippen molar-refractivity contribution in [2.24, 2.45) is 5.73 Å². The SMILES string of the molecule is CCN(C(=N)N)c1ccc(F)cc1. The van der Waals surface area contributed by atoms with Gasteiger partial charge in [0.15, 0.2) is 5.96 Å². The van der Waals surface area contributed by atoms with Gasteiger partial charge in [0.1, 0.15) is 5.82 Å². The molecule has 0 aliphatic carbocycles. The summed E-state index contributed by atoms with van der Waals surface area (Å²) in [6.45, 7) is 2.48. The summed E-state index contributed by atoms with van der Waals surface area (Å²) in [5, 5.41) is 7.25. The Balaban J connectivity index is 2.92. The molecule has 70 valence electrons. The molecule has 0 saturated heterocycles. The third-order valence-corrected chi connectivity index (χ3v) is 1.75. The summed E-state index contributed by atoms with van der Waals surface area (Å²) >= 11 is 0. The highest BCUT2D eigenvalue weighted by atomic mass is 19.1. The molecule has 3 N–H and O–H groups in total. The maximum Gasteiger partial charge on any atom is 0.192 e. The van der Waals surface area contributed by atoms with Crippen molar-refractivity contribution in [3.05, 3.63) is 30.1 Å². The lowest BCUT2D eigenvalue weighted by molar-refractivity contribution is 0.628. The van der Waals surface area contributed by atoms with E-state index in [4.69, 9.17) is 11.1 Å². The topological polar surface area (TPSA) is 53.1 Å². The number of halogens is 1. The number of anilines is 1. The van der Waals surface area contributed by atoms with E-state index >= 15 is 0 Å². The fraction of sp³-hybridized carbons (Fsp3) is 0.222. The van der Waals surface area contributed by atoms with E-state index in [1.807, 2.05) is 6.92 Å². The number of nitrogens with two attached hydrogens (primary N) is 1. The van der Waals surface area contributed by atoms with Crippen molar-refractivity contribution in [2.45, 2.75) is 6.92 Å². The summed E-state index contributed by atoms with van der Waals surface area (Å²) in [5.41, 5.74) is 6.07. The van der Waals surface area contributed by atoms with Crippen molar-refractivity contribution in [3.8, 4) is 0 Å². The van der Waals surface area contributed by atoms with Gasteiger partial charge in [0.25, 0.3) is 0 Å². The Morgan fingerprint density at radius 3 is 2.38 bits per heavy atom. The minimum Gasteiger partial charge on any atom is -0.370 e. The molecular weight excluding hydrogens is 169 g/mol. The molecule has 3 nitrogen and oxygen atoms in total. The Morgan fingerprint density at radius 1 is 1.46 bits per heavy atom. The van der Waals surface area contributed by atoms with Gasteiger partial charge in [-0.3, -0.25) is 5.41 Å². The number of rotatable bonds is 2. The molecule has 0 aliphatic heterocycles. The van der Waals surface area contributed by atoms with E-state index in [2.05, 4.69) is 0 Å². The first-order valence-corrected chi connectivity index (χ1v) is 4.02. The van der Waals surface area contributed by atoms with E-state index in [0.717, 1.165) is 5.69 Å². The molecule has 1 aromatic rings. The van der Waals surface area contributed by atoms with Gasteiger partial charge in [-0.2, -0.15) is 0 Å². The van der Waals surface area contributed by atoms with Crippen LogP contribution in [0.4, 0.5) is 10.1 Å². The van der Waals surface area contributed by atoms with E-state index in [-0.39, 0.29) is 11.8 Å². The Morgan fingerprint density at radius 2 is 2.00 bits per heavy atom. The third-order valence-electron chi connectivity index (χ3n) is 1.75. The number of nitrogens with one attached hydrogen (secondary N) is 1. The van der Waals surface area contributed by atoms with Crippen LogP contribution < -0.4 is 10.6 Å². The lowest BCUT2D eigenvalue weighted by Gasteiger charge is -2.20. The standard InChI is InChI=1S/C9H12FN3/c1-2-13(9(11)12)8-5-3-7(10)4-6-8/h3-6H,2H2,1H3,(H3,11,12). The van der Waals surface area contributed by atoms with E-state index in [9.17, 15) is 4.39 Å². The number of hydrogen-bond donors (Lipinski definition) is 2. The zero-order chi connectivity index (χ0) is 9.84. The molecular formula is C9H12FN3. The van der Waals surface area contributed by atoms with Crippen LogP contribution in [0.1, 0.15) is 6.92 Å². The molecule has 13 heavy (non-hydrogen) atoms. The molecule has 0 spiro atoms. The highest BCUT2D eigenvalue weighted by Gasteiger charge is 2.05. The van der Waals surface area contributed by atoms with Crippen molar-refractivity contribution in [3.63, 3.8) is 0 Å². The smallest absolute Gasteiger partial charge is 0.192 e. The van der Waals surface area contributed by atoms with Gasteiger partial charge in [-0.05, 0) is 31.2 Å². The van der Waals surface area contributed by atoms with E-state index in [0.29, 0.717) is 6.54 Å². The molecule has 0 heterocycles. The van der Waals surface area contributed by atoms with Crippen LogP contribution in [0, 0.1) is 11.2 Å². The summed E-state index contributed by atoms with van der Waals surface area (Å²) in [4.78, 5) is 1.58. The molecule has 0 saturated carbocycles. The van der Waals surface area contributed by atoms with Gasteiger partial charge < -0.3 is 10.6 Å². The molecule has 4 heteroatoms. The van der Waals surface area contributed by atoms with Crippen LogP contribution in [-0.4, -0.2) is 12.5 Å². The van der Waals surface area contributed by atoms with Crippen LogP contribution in [0.5, 0.6) is 0 Å². The first-order chi connectivity index (χ1) is 6.15. The fourth-order valence-corrected chi connectivity index (χ4v) is 1.11. The molecule has 1 aromatic carbocycles. The number of hydrogen-bond acceptors (Lipinski definition) is 1. The van der Waals surface area contributed by atoms with E-state index < -0.39 is 0 Å². The summed E-state index contributed by atoms with van der Waals surface area (Å²) in [7, 11) is 0. The normalized spacial score (nSPS) is 9.69. The second-order valence-corrected chi connectivity index (χ2v) is 2.61. The van der Waals surface area contributed by atoms with Crippen molar-refractivity contribution in [2.75, 3.05) is 11.4 Å². The third kappa shape index (κ3) is 2.18. The zero-order valence-electron chi connectivity index (χ0n) is 7.42. The summed E-state index contributed by atoms with van der Waals surface area (Å²) < 4.78 is 12.6. The predicted molar refractivity (Wildman–Crippen MR) is 51.3 cm³/mol. The van der Waals surface area contributed by atoms with Gasteiger partial charge in [0.2, 0.25) is 0 Å². The van der Waals surface area contributed by atoms with Gasteiger partial charge in [-0.1, -0.05) is 0 Å². The van der Waals surface area contributed by atoms with E-state index in [1.54, 1.807) is 17.0 Å². The Hall–Kier alpha value is -1.58. The van der Waals surface area contributed by atoms with Crippen molar-refractivity contribution in [1.29, 1.82) is 5.41 Å². The Kier molecular flexibility index (Phi) is 2.84. The van der Waals surface area contributed by atoms with Crippen LogP contribution >= 0.6 is 0 Å². The summed E-state index contributed by atoms with van der Waals surface area (Å²) in [6, 6.07) is 5.89. The number of nitrogens with zero attached hydrogens (tertiary/aromatic N) is 1. The predicted octanol–water partition coefficient (Wildman–Crippen LogP) is 1.55. The zero-order valence-corrected chi connectivity index (χ0v) is 7.42. The van der Waals surface area contributed by atoms with Crippen LogP contribution in [0.25, 0.3) is 0 Å². The average Bonchev–Trinajstić information content (AvgIpc) is 2.09. The second kappa shape index (κ2) is 3.89.